The Balaban J connectivity index is 2.40. The Morgan fingerprint density at radius 2 is 2.19 bits per heavy atom. The average Bonchev–Trinajstić information content (AvgIpc) is 2.60. The number of ether oxygens (including phenoxy) is 2. The minimum absolute atomic E-state index is 0.0168. The fourth-order valence-electron chi connectivity index (χ4n) is 1.17. The van der Waals surface area contributed by atoms with E-state index in [0.29, 0.717) is 32.1 Å². The molecule has 0 fully saturated rings. The molecule has 1 aromatic heterocycles. The second-order valence-electron chi connectivity index (χ2n) is 3.16. The first-order chi connectivity index (χ1) is 7.66. The molecule has 0 atom stereocenters. The van der Waals surface area contributed by atoms with Crippen LogP contribution >= 0.6 is 0 Å². The van der Waals surface area contributed by atoms with Crippen molar-refractivity contribution in [3.63, 3.8) is 0 Å². The molecule has 1 heterocycles. The highest BCUT2D eigenvalue weighted by atomic mass is 16.5. The number of hydrogen-bond donors (Lipinski definition) is 1. The van der Waals surface area contributed by atoms with E-state index in [-0.39, 0.29) is 5.69 Å². The van der Waals surface area contributed by atoms with Gasteiger partial charge in [-0.15, -0.1) is 5.10 Å². The van der Waals surface area contributed by atoms with E-state index < -0.39 is 5.97 Å². The summed E-state index contributed by atoms with van der Waals surface area (Å²) in [5.41, 5.74) is 0.514. The highest BCUT2D eigenvalue weighted by Crippen LogP contribution is 2.02. The normalized spacial score (nSPS) is 10.6. The van der Waals surface area contributed by atoms with Crippen molar-refractivity contribution < 1.29 is 19.4 Å². The van der Waals surface area contributed by atoms with Crippen LogP contribution in [-0.4, -0.2) is 53.0 Å². The molecule has 0 aliphatic heterocycles. The van der Waals surface area contributed by atoms with Crippen LogP contribution in [0.25, 0.3) is 0 Å². The first-order valence-corrected chi connectivity index (χ1v) is 4.87. The van der Waals surface area contributed by atoms with Crippen LogP contribution in [0.2, 0.25) is 0 Å². The van der Waals surface area contributed by atoms with Gasteiger partial charge in [-0.2, -0.15) is 0 Å². The van der Waals surface area contributed by atoms with Gasteiger partial charge in [-0.25, -0.2) is 9.48 Å². The van der Waals surface area contributed by atoms with Gasteiger partial charge in [0.1, 0.15) is 0 Å². The lowest BCUT2D eigenvalue weighted by molar-refractivity contribution is 0.0649. The largest absolute Gasteiger partial charge is 0.476 e. The number of aromatic nitrogens is 3. The number of rotatable bonds is 7. The molecule has 0 unspecified atom stereocenters. The Morgan fingerprint density at radius 1 is 1.44 bits per heavy atom. The summed E-state index contributed by atoms with van der Waals surface area (Å²) in [6.07, 6.45) is 0. The predicted molar refractivity (Wildman–Crippen MR) is 54.4 cm³/mol. The summed E-state index contributed by atoms with van der Waals surface area (Å²) in [4.78, 5) is 10.7. The SMILES string of the molecule is COCCOCCn1nnc(C(=O)O)c1C. The standard InChI is InChI=1S/C9H15N3O4/c1-7-8(9(13)14)10-11-12(7)3-4-16-6-5-15-2/h3-6H2,1-2H3,(H,13,14). The molecule has 7 heteroatoms. The van der Waals surface area contributed by atoms with Gasteiger partial charge in [0.25, 0.3) is 0 Å². The zero-order chi connectivity index (χ0) is 12.0. The maximum atomic E-state index is 10.7. The summed E-state index contributed by atoms with van der Waals surface area (Å²) in [5.74, 6) is -1.07. The smallest absolute Gasteiger partial charge is 0.358 e. The number of methoxy groups -OCH3 is 1. The number of nitrogens with zero attached hydrogens (tertiary/aromatic N) is 3. The van der Waals surface area contributed by atoms with Crippen LogP contribution in [0, 0.1) is 6.92 Å². The topological polar surface area (TPSA) is 86.5 Å². The quantitative estimate of drug-likeness (QED) is 0.659. The van der Waals surface area contributed by atoms with Crippen LogP contribution in [0.1, 0.15) is 16.2 Å². The second-order valence-corrected chi connectivity index (χ2v) is 3.16. The summed E-state index contributed by atoms with van der Waals surface area (Å²) in [7, 11) is 1.60. The molecule has 0 amide bonds. The van der Waals surface area contributed by atoms with E-state index in [2.05, 4.69) is 10.3 Å². The van der Waals surface area contributed by atoms with E-state index in [4.69, 9.17) is 14.6 Å². The Morgan fingerprint density at radius 3 is 2.75 bits per heavy atom. The maximum Gasteiger partial charge on any atom is 0.358 e. The predicted octanol–water partition coefficient (Wildman–Crippen LogP) is -0.0523. The molecule has 0 spiro atoms. The fourth-order valence-corrected chi connectivity index (χ4v) is 1.17. The number of carbonyl (C=O) groups is 1. The van der Waals surface area contributed by atoms with Gasteiger partial charge in [-0.05, 0) is 6.92 Å². The molecule has 1 rings (SSSR count). The van der Waals surface area contributed by atoms with Crippen LogP contribution in [0.15, 0.2) is 0 Å². The van der Waals surface area contributed by atoms with Crippen molar-refractivity contribution >= 4 is 5.97 Å². The monoisotopic (exact) mass is 229 g/mol. The molecule has 0 bridgehead atoms. The Bertz CT molecular complexity index is 351. The van der Waals surface area contributed by atoms with E-state index in [9.17, 15) is 4.79 Å². The van der Waals surface area contributed by atoms with Crippen LogP contribution in [-0.2, 0) is 16.0 Å². The van der Waals surface area contributed by atoms with Crippen LogP contribution in [0.3, 0.4) is 0 Å². The lowest BCUT2D eigenvalue weighted by Gasteiger charge is -2.04. The van der Waals surface area contributed by atoms with E-state index in [1.54, 1.807) is 14.0 Å². The van der Waals surface area contributed by atoms with Crippen LogP contribution in [0.4, 0.5) is 0 Å². The average molecular weight is 229 g/mol. The molecule has 0 saturated carbocycles. The van der Waals surface area contributed by atoms with Crippen molar-refractivity contribution in [2.75, 3.05) is 26.9 Å². The van der Waals surface area contributed by atoms with Crippen molar-refractivity contribution in [2.45, 2.75) is 13.5 Å². The molecule has 0 radical (unpaired) electrons. The Labute approximate surface area is 93.0 Å². The van der Waals surface area contributed by atoms with Gasteiger partial charge in [0.2, 0.25) is 0 Å². The zero-order valence-corrected chi connectivity index (χ0v) is 9.34. The van der Waals surface area contributed by atoms with E-state index >= 15 is 0 Å². The maximum absolute atomic E-state index is 10.7. The lowest BCUT2D eigenvalue weighted by Crippen LogP contribution is -2.12. The molecule has 1 aromatic rings. The first-order valence-electron chi connectivity index (χ1n) is 4.87. The molecule has 0 aromatic carbocycles. The number of hydrogen-bond acceptors (Lipinski definition) is 5. The number of carboxylic acid groups (broad SMARTS) is 1. The summed E-state index contributed by atoms with van der Waals surface area (Å²) >= 11 is 0. The third kappa shape index (κ3) is 3.28. The van der Waals surface area contributed by atoms with E-state index in [0.717, 1.165) is 0 Å². The van der Waals surface area contributed by atoms with Crippen molar-refractivity contribution in [2.24, 2.45) is 0 Å². The molecular formula is C9H15N3O4. The number of carboxylic acids is 1. The Kier molecular flexibility index (Phi) is 4.87. The minimum Gasteiger partial charge on any atom is -0.476 e. The third-order valence-electron chi connectivity index (χ3n) is 2.06. The zero-order valence-electron chi connectivity index (χ0n) is 9.34. The summed E-state index contributed by atoms with van der Waals surface area (Å²) in [6, 6.07) is 0. The summed E-state index contributed by atoms with van der Waals surface area (Å²) < 4.78 is 11.6. The molecule has 16 heavy (non-hydrogen) atoms. The van der Waals surface area contributed by atoms with Crippen molar-refractivity contribution in [1.82, 2.24) is 15.0 Å². The van der Waals surface area contributed by atoms with Crippen molar-refractivity contribution in [1.29, 1.82) is 0 Å². The summed E-state index contributed by atoms with van der Waals surface area (Å²) in [6.45, 7) is 3.65. The second kappa shape index (κ2) is 6.19. The molecule has 0 saturated heterocycles. The van der Waals surface area contributed by atoms with Crippen LogP contribution < -0.4 is 0 Å². The molecule has 0 aliphatic rings. The highest BCUT2D eigenvalue weighted by molar-refractivity contribution is 5.86. The van der Waals surface area contributed by atoms with Crippen LogP contribution in [0.5, 0.6) is 0 Å². The number of aromatic carboxylic acids is 1. The van der Waals surface area contributed by atoms with Gasteiger partial charge >= 0.3 is 5.97 Å². The lowest BCUT2D eigenvalue weighted by atomic mass is 10.3. The van der Waals surface area contributed by atoms with E-state index in [1.165, 1.54) is 4.68 Å². The Hall–Kier alpha value is -1.47. The van der Waals surface area contributed by atoms with Gasteiger partial charge in [-0.3, -0.25) is 0 Å². The van der Waals surface area contributed by atoms with Gasteiger partial charge in [0.15, 0.2) is 5.69 Å². The minimum atomic E-state index is -1.07. The van der Waals surface area contributed by atoms with Gasteiger partial charge in [-0.1, -0.05) is 5.21 Å². The van der Waals surface area contributed by atoms with Gasteiger partial charge < -0.3 is 14.6 Å². The molecule has 90 valence electrons. The first kappa shape index (κ1) is 12.6. The van der Waals surface area contributed by atoms with Crippen molar-refractivity contribution in [3.8, 4) is 0 Å². The third-order valence-corrected chi connectivity index (χ3v) is 2.06. The fraction of sp³-hybridized carbons (Fsp3) is 0.667. The van der Waals surface area contributed by atoms with Crippen molar-refractivity contribution in [3.05, 3.63) is 11.4 Å². The summed E-state index contributed by atoms with van der Waals surface area (Å²) in [5, 5.41) is 16.0. The van der Waals surface area contributed by atoms with Gasteiger partial charge in [0, 0.05) is 7.11 Å². The molecule has 7 nitrogen and oxygen atoms in total. The van der Waals surface area contributed by atoms with Gasteiger partial charge in [0.05, 0.1) is 32.1 Å². The molecular weight excluding hydrogens is 214 g/mol. The van der Waals surface area contributed by atoms with E-state index in [1.807, 2.05) is 0 Å². The highest BCUT2D eigenvalue weighted by Gasteiger charge is 2.14. The molecule has 1 N–H and O–H groups in total. The molecule has 0 aliphatic carbocycles.